The molecule has 0 aliphatic heterocycles. The smallest absolute Gasteiger partial charge is 0.124 e. The second-order valence-corrected chi connectivity index (χ2v) is 6.85. The Labute approximate surface area is 137 Å². The van der Waals surface area contributed by atoms with Crippen LogP contribution in [0.15, 0.2) is 30.3 Å². The minimum absolute atomic E-state index is 0.0638. The molecule has 0 bridgehead atoms. The highest BCUT2D eigenvalue weighted by Gasteiger charge is 2.32. The zero-order chi connectivity index (χ0) is 15.1. The molecule has 0 aromatic heterocycles. The standard InChI is InChI=1S/C17H17FINO/c1-9-3-6-15(21)17-14(7-10(2)16(9)17)20-13-5-4-11(18)8-12(13)19/h3-6,8,10,14,20-21H,7H2,1-2H3. The van der Waals surface area contributed by atoms with Gasteiger partial charge in [0.1, 0.15) is 11.6 Å². The first-order valence-corrected chi connectivity index (χ1v) is 8.09. The van der Waals surface area contributed by atoms with Crippen LogP contribution in [0.2, 0.25) is 0 Å². The minimum Gasteiger partial charge on any atom is -0.508 e. The average molecular weight is 397 g/mol. The Morgan fingerprint density at radius 3 is 2.71 bits per heavy atom. The predicted molar refractivity (Wildman–Crippen MR) is 91.4 cm³/mol. The van der Waals surface area contributed by atoms with E-state index in [1.54, 1.807) is 12.1 Å². The third kappa shape index (κ3) is 2.61. The first-order chi connectivity index (χ1) is 9.97. The highest BCUT2D eigenvalue weighted by molar-refractivity contribution is 14.1. The van der Waals surface area contributed by atoms with Gasteiger partial charge in [0.15, 0.2) is 0 Å². The molecule has 0 amide bonds. The van der Waals surface area contributed by atoms with Gasteiger partial charge in [0.2, 0.25) is 0 Å². The van der Waals surface area contributed by atoms with Crippen LogP contribution >= 0.6 is 22.6 Å². The van der Waals surface area contributed by atoms with Crippen LogP contribution in [0.4, 0.5) is 10.1 Å². The van der Waals surface area contributed by atoms with E-state index in [0.29, 0.717) is 11.7 Å². The van der Waals surface area contributed by atoms with E-state index in [1.165, 1.54) is 23.3 Å². The molecule has 2 aromatic rings. The zero-order valence-electron chi connectivity index (χ0n) is 12.0. The van der Waals surface area contributed by atoms with Gasteiger partial charge in [-0.15, -0.1) is 0 Å². The quantitative estimate of drug-likeness (QED) is 0.691. The number of aryl methyl sites for hydroxylation is 1. The normalized spacial score (nSPS) is 20.4. The third-order valence-electron chi connectivity index (χ3n) is 4.17. The highest BCUT2D eigenvalue weighted by Crippen LogP contribution is 2.47. The van der Waals surface area contributed by atoms with Crippen molar-refractivity contribution in [2.75, 3.05) is 5.32 Å². The molecule has 0 saturated carbocycles. The monoisotopic (exact) mass is 397 g/mol. The number of aromatic hydroxyl groups is 1. The molecular weight excluding hydrogens is 380 g/mol. The fourth-order valence-corrected chi connectivity index (χ4v) is 3.90. The molecule has 110 valence electrons. The van der Waals surface area contributed by atoms with Crippen LogP contribution < -0.4 is 5.32 Å². The van der Waals surface area contributed by atoms with Crippen LogP contribution in [0.3, 0.4) is 0 Å². The van der Waals surface area contributed by atoms with Gasteiger partial charge in [0.05, 0.1) is 6.04 Å². The minimum atomic E-state index is -0.233. The fraction of sp³-hybridized carbons (Fsp3) is 0.294. The van der Waals surface area contributed by atoms with Gasteiger partial charge < -0.3 is 10.4 Å². The van der Waals surface area contributed by atoms with Crippen LogP contribution in [0.1, 0.15) is 42.0 Å². The highest BCUT2D eigenvalue weighted by atomic mass is 127. The summed E-state index contributed by atoms with van der Waals surface area (Å²) in [5.41, 5.74) is 4.35. The number of phenolic OH excluding ortho intramolecular Hbond substituents is 1. The lowest BCUT2D eigenvalue weighted by Gasteiger charge is -2.18. The first-order valence-electron chi connectivity index (χ1n) is 7.01. The van der Waals surface area contributed by atoms with E-state index in [0.717, 1.165) is 21.2 Å². The van der Waals surface area contributed by atoms with E-state index >= 15 is 0 Å². The molecule has 0 fully saturated rings. The number of anilines is 1. The Hall–Kier alpha value is -1.30. The molecule has 0 spiro atoms. The maximum absolute atomic E-state index is 13.2. The van der Waals surface area contributed by atoms with Crippen LogP contribution in [0.5, 0.6) is 5.75 Å². The molecule has 2 aromatic carbocycles. The number of benzene rings is 2. The van der Waals surface area contributed by atoms with Crippen molar-refractivity contribution in [3.8, 4) is 5.75 Å². The van der Waals surface area contributed by atoms with Crippen LogP contribution in [0.25, 0.3) is 0 Å². The molecule has 1 aliphatic rings. The topological polar surface area (TPSA) is 32.3 Å². The summed E-state index contributed by atoms with van der Waals surface area (Å²) in [6.45, 7) is 4.27. The zero-order valence-corrected chi connectivity index (χ0v) is 14.1. The Morgan fingerprint density at radius 1 is 1.24 bits per heavy atom. The lowest BCUT2D eigenvalue weighted by atomic mass is 9.97. The Kier molecular flexibility index (Phi) is 3.82. The number of hydrogen-bond acceptors (Lipinski definition) is 2. The fourth-order valence-electron chi connectivity index (χ4n) is 3.27. The van der Waals surface area contributed by atoms with Gasteiger partial charge in [-0.3, -0.25) is 0 Å². The second-order valence-electron chi connectivity index (χ2n) is 5.69. The van der Waals surface area contributed by atoms with Gasteiger partial charge in [-0.2, -0.15) is 0 Å². The predicted octanol–water partition coefficient (Wildman–Crippen LogP) is 5.10. The van der Waals surface area contributed by atoms with Crippen molar-refractivity contribution >= 4 is 28.3 Å². The summed E-state index contributed by atoms with van der Waals surface area (Å²) < 4.78 is 14.1. The Balaban J connectivity index is 1.98. The van der Waals surface area contributed by atoms with Gasteiger partial charge in [-0.25, -0.2) is 4.39 Å². The molecule has 3 rings (SSSR count). The van der Waals surface area contributed by atoms with Gasteiger partial charge in [-0.05, 0) is 77.2 Å². The summed E-state index contributed by atoms with van der Waals surface area (Å²) in [6, 6.07) is 8.52. The maximum atomic E-state index is 13.2. The molecule has 0 radical (unpaired) electrons. The van der Waals surface area contributed by atoms with Gasteiger partial charge >= 0.3 is 0 Å². The van der Waals surface area contributed by atoms with E-state index < -0.39 is 0 Å². The molecule has 21 heavy (non-hydrogen) atoms. The Bertz CT molecular complexity index is 701. The van der Waals surface area contributed by atoms with E-state index in [1.807, 2.05) is 6.07 Å². The SMILES string of the molecule is Cc1ccc(O)c2c1C(C)CC2Nc1ccc(F)cc1I. The molecule has 2 nitrogen and oxygen atoms in total. The lowest BCUT2D eigenvalue weighted by Crippen LogP contribution is -2.09. The maximum Gasteiger partial charge on any atom is 0.124 e. The summed E-state index contributed by atoms with van der Waals surface area (Å²) in [7, 11) is 0. The van der Waals surface area contributed by atoms with Gasteiger partial charge in [0, 0.05) is 14.8 Å². The number of hydrogen-bond donors (Lipinski definition) is 2. The second kappa shape index (κ2) is 5.48. The van der Waals surface area contributed by atoms with Gasteiger partial charge in [0.25, 0.3) is 0 Å². The molecular formula is C17H17FINO. The van der Waals surface area contributed by atoms with Crippen LogP contribution in [-0.4, -0.2) is 5.11 Å². The summed E-state index contributed by atoms with van der Waals surface area (Å²) in [6.07, 6.45) is 0.932. The van der Waals surface area contributed by atoms with E-state index in [-0.39, 0.29) is 11.9 Å². The Morgan fingerprint density at radius 2 is 2.00 bits per heavy atom. The third-order valence-corrected chi connectivity index (χ3v) is 5.07. The van der Waals surface area contributed by atoms with E-state index in [4.69, 9.17) is 0 Å². The molecule has 2 N–H and O–H groups in total. The molecule has 1 aliphatic carbocycles. The first kappa shape index (κ1) is 14.6. The number of phenols is 1. The molecule has 2 unspecified atom stereocenters. The largest absolute Gasteiger partial charge is 0.508 e. The molecule has 4 heteroatoms. The van der Waals surface area contributed by atoms with Crippen molar-refractivity contribution in [3.05, 3.63) is 56.4 Å². The summed E-state index contributed by atoms with van der Waals surface area (Å²) in [5.74, 6) is 0.515. The molecule has 0 heterocycles. The van der Waals surface area contributed by atoms with Crippen molar-refractivity contribution in [1.82, 2.24) is 0 Å². The molecule has 2 atom stereocenters. The van der Waals surface area contributed by atoms with Crippen molar-refractivity contribution < 1.29 is 9.50 Å². The lowest BCUT2D eigenvalue weighted by molar-refractivity contribution is 0.465. The van der Waals surface area contributed by atoms with Crippen LogP contribution in [-0.2, 0) is 0 Å². The number of halogens is 2. The molecule has 0 saturated heterocycles. The van der Waals surface area contributed by atoms with Crippen molar-refractivity contribution in [3.63, 3.8) is 0 Å². The van der Waals surface area contributed by atoms with Crippen LogP contribution in [0, 0.1) is 16.3 Å². The summed E-state index contributed by atoms with van der Waals surface area (Å²) in [5, 5.41) is 13.7. The van der Waals surface area contributed by atoms with Gasteiger partial charge in [-0.1, -0.05) is 13.0 Å². The number of rotatable bonds is 2. The van der Waals surface area contributed by atoms with E-state index in [9.17, 15) is 9.50 Å². The summed E-state index contributed by atoms with van der Waals surface area (Å²) in [4.78, 5) is 0. The number of nitrogens with one attached hydrogen (secondary N) is 1. The van der Waals surface area contributed by atoms with E-state index in [2.05, 4.69) is 41.8 Å². The van der Waals surface area contributed by atoms with Crippen molar-refractivity contribution in [2.45, 2.75) is 32.2 Å². The van der Waals surface area contributed by atoms with Crippen molar-refractivity contribution in [2.24, 2.45) is 0 Å². The summed E-state index contributed by atoms with van der Waals surface area (Å²) >= 11 is 2.13. The average Bonchev–Trinajstić information content (AvgIpc) is 2.75. The van der Waals surface area contributed by atoms with Crippen molar-refractivity contribution in [1.29, 1.82) is 0 Å². The number of fused-ring (bicyclic) bond motifs is 1.